The lowest BCUT2D eigenvalue weighted by Crippen LogP contribution is -2.48. The van der Waals surface area contributed by atoms with Crippen LogP contribution in [0, 0.1) is 5.92 Å². The minimum absolute atomic E-state index is 0.0609. The number of carbonyl (C=O) groups excluding carboxylic acids is 2. The molecule has 0 bridgehead atoms. The van der Waals surface area contributed by atoms with Crippen LogP contribution in [0.15, 0.2) is 24.3 Å². The third kappa shape index (κ3) is 3.23. The van der Waals surface area contributed by atoms with Gasteiger partial charge >= 0.3 is 0 Å². The van der Waals surface area contributed by atoms with Crippen LogP contribution in [-0.4, -0.2) is 22.6 Å². The molecular weight excluding hydrogens is 342 g/mol. The smallest absolute Gasteiger partial charge is 0.237 e. The fourth-order valence-electron chi connectivity index (χ4n) is 2.43. The van der Waals surface area contributed by atoms with E-state index in [0.29, 0.717) is 18.0 Å². The fraction of sp³-hybridized carbons (Fsp3) is 0.467. The minimum atomic E-state index is -0.676. The molecule has 1 heterocycles. The standard InChI is InChI=1S/C15H17BrClNO2/c1-15(2,16)13(19)12-7-4-8-18(14(12)20)11-6-3-5-10(17)9-11/h3,5-6,9,12H,4,7-8H2,1-2H3/t12-/m1/s1. The van der Waals surface area contributed by atoms with Gasteiger partial charge in [0, 0.05) is 17.3 Å². The van der Waals surface area contributed by atoms with Gasteiger partial charge in [-0.25, -0.2) is 0 Å². The molecule has 0 N–H and O–H groups in total. The molecule has 5 heteroatoms. The van der Waals surface area contributed by atoms with Crippen LogP contribution in [0.1, 0.15) is 26.7 Å². The molecule has 1 saturated heterocycles. The Balaban J connectivity index is 2.25. The summed E-state index contributed by atoms with van der Waals surface area (Å²) in [5.74, 6) is -0.762. The number of alkyl halides is 1. The maximum Gasteiger partial charge on any atom is 0.237 e. The number of amides is 1. The van der Waals surface area contributed by atoms with Gasteiger partial charge in [-0.2, -0.15) is 0 Å². The summed E-state index contributed by atoms with van der Waals surface area (Å²) < 4.78 is -0.676. The molecule has 108 valence electrons. The molecular formula is C15H17BrClNO2. The highest BCUT2D eigenvalue weighted by molar-refractivity contribution is 9.10. The topological polar surface area (TPSA) is 37.4 Å². The number of carbonyl (C=O) groups is 2. The number of halogens is 2. The quantitative estimate of drug-likeness (QED) is 0.608. The van der Waals surface area contributed by atoms with Gasteiger partial charge in [-0.05, 0) is 44.9 Å². The Labute approximate surface area is 132 Å². The van der Waals surface area contributed by atoms with Crippen LogP contribution in [0.2, 0.25) is 5.02 Å². The van der Waals surface area contributed by atoms with E-state index in [1.165, 1.54) is 0 Å². The Bertz CT molecular complexity index is 539. The largest absolute Gasteiger partial charge is 0.312 e. The highest BCUT2D eigenvalue weighted by Crippen LogP contribution is 2.31. The van der Waals surface area contributed by atoms with Crippen molar-refractivity contribution in [3.63, 3.8) is 0 Å². The lowest BCUT2D eigenvalue weighted by atomic mass is 9.87. The molecule has 0 aromatic heterocycles. The molecule has 20 heavy (non-hydrogen) atoms. The van der Waals surface area contributed by atoms with Crippen LogP contribution in [0.4, 0.5) is 5.69 Å². The number of ketones is 1. The van der Waals surface area contributed by atoms with Gasteiger partial charge in [0.15, 0.2) is 5.78 Å². The van der Waals surface area contributed by atoms with Crippen LogP contribution < -0.4 is 4.90 Å². The monoisotopic (exact) mass is 357 g/mol. The summed E-state index contributed by atoms with van der Waals surface area (Å²) in [7, 11) is 0. The van der Waals surface area contributed by atoms with Crippen molar-refractivity contribution in [1.82, 2.24) is 0 Å². The van der Waals surface area contributed by atoms with Crippen LogP contribution in [-0.2, 0) is 9.59 Å². The molecule has 0 unspecified atom stereocenters. The Kier molecular flexibility index (Phi) is 4.55. The number of rotatable bonds is 3. The van der Waals surface area contributed by atoms with Gasteiger partial charge in [-0.1, -0.05) is 33.6 Å². The Hall–Kier alpha value is -0.870. The first-order chi connectivity index (χ1) is 9.30. The normalized spacial score (nSPS) is 20.1. The van der Waals surface area contributed by atoms with E-state index >= 15 is 0 Å². The first kappa shape index (κ1) is 15.5. The molecule has 0 spiro atoms. The second-order valence-electron chi connectivity index (χ2n) is 5.50. The van der Waals surface area contributed by atoms with Gasteiger partial charge in [-0.15, -0.1) is 0 Å². The van der Waals surface area contributed by atoms with Crippen molar-refractivity contribution < 1.29 is 9.59 Å². The van der Waals surface area contributed by atoms with Crippen molar-refractivity contribution in [3.8, 4) is 0 Å². The number of nitrogens with zero attached hydrogens (tertiary/aromatic N) is 1. The Morgan fingerprint density at radius 1 is 1.45 bits per heavy atom. The molecule has 3 nitrogen and oxygen atoms in total. The molecule has 1 aliphatic rings. The van der Waals surface area contributed by atoms with E-state index in [-0.39, 0.29) is 11.7 Å². The Morgan fingerprint density at radius 3 is 2.75 bits per heavy atom. The molecule has 1 aromatic carbocycles. The average molecular weight is 359 g/mol. The first-order valence-electron chi connectivity index (χ1n) is 6.61. The Morgan fingerprint density at radius 2 is 2.15 bits per heavy atom. The molecule has 1 atom stereocenters. The summed E-state index contributed by atoms with van der Waals surface area (Å²) in [6.07, 6.45) is 1.43. The summed E-state index contributed by atoms with van der Waals surface area (Å²) in [5, 5.41) is 0.588. The fourth-order valence-corrected chi connectivity index (χ4v) is 2.89. The van der Waals surface area contributed by atoms with Gasteiger partial charge in [-0.3, -0.25) is 9.59 Å². The molecule has 1 aliphatic heterocycles. The highest BCUT2D eigenvalue weighted by Gasteiger charge is 2.40. The first-order valence-corrected chi connectivity index (χ1v) is 7.78. The number of piperidine rings is 1. The molecule has 0 radical (unpaired) electrons. The summed E-state index contributed by atoms with van der Waals surface area (Å²) in [6, 6.07) is 7.18. The minimum Gasteiger partial charge on any atom is -0.312 e. The van der Waals surface area contributed by atoms with E-state index in [1.807, 2.05) is 12.1 Å². The number of hydrogen-bond donors (Lipinski definition) is 0. The molecule has 1 amide bonds. The van der Waals surface area contributed by atoms with E-state index in [1.54, 1.807) is 30.9 Å². The third-order valence-electron chi connectivity index (χ3n) is 3.46. The van der Waals surface area contributed by atoms with Crippen molar-refractivity contribution in [3.05, 3.63) is 29.3 Å². The van der Waals surface area contributed by atoms with E-state index in [9.17, 15) is 9.59 Å². The second kappa shape index (κ2) is 5.86. The van der Waals surface area contributed by atoms with E-state index in [0.717, 1.165) is 12.1 Å². The molecule has 1 aromatic rings. The van der Waals surface area contributed by atoms with Crippen molar-refractivity contribution >= 4 is 44.9 Å². The molecule has 0 aliphatic carbocycles. The van der Waals surface area contributed by atoms with Gasteiger partial charge < -0.3 is 4.90 Å². The lowest BCUT2D eigenvalue weighted by Gasteiger charge is -2.33. The summed E-state index contributed by atoms with van der Waals surface area (Å²) in [4.78, 5) is 26.6. The van der Waals surface area contributed by atoms with Gasteiger partial charge in [0.1, 0.15) is 0 Å². The number of anilines is 1. The van der Waals surface area contributed by atoms with Crippen molar-refractivity contribution in [1.29, 1.82) is 0 Å². The third-order valence-corrected chi connectivity index (χ3v) is 4.09. The van der Waals surface area contributed by atoms with Gasteiger partial charge in [0.05, 0.1) is 10.2 Å². The number of hydrogen-bond acceptors (Lipinski definition) is 2. The summed E-state index contributed by atoms with van der Waals surface area (Å²) in [5.41, 5.74) is 0.757. The molecule has 2 rings (SSSR count). The van der Waals surface area contributed by atoms with Crippen LogP contribution in [0.25, 0.3) is 0 Å². The summed E-state index contributed by atoms with van der Waals surface area (Å²) >= 11 is 9.32. The maximum absolute atomic E-state index is 12.6. The number of benzene rings is 1. The van der Waals surface area contributed by atoms with Crippen molar-refractivity contribution in [2.75, 3.05) is 11.4 Å². The van der Waals surface area contributed by atoms with Crippen LogP contribution in [0.3, 0.4) is 0 Å². The SMILES string of the molecule is CC(C)(Br)C(=O)[C@H]1CCCN(c2cccc(Cl)c2)C1=O. The van der Waals surface area contributed by atoms with E-state index < -0.39 is 10.2 Å². The lowest BCUT2D eigenvalue weighted by molar-refractivity contribution is -0.134. The van der Waals surface area contributed by atoms with Gasteiger partial charge in [0.2, 0.25) is 5.91 Å². The predicted molar refractivity (Wildman–Crippen MR) is 84.5 cm³/mol. The zero-order valence-electron chi connectivity index (χ0n) is 11.5. The average Bonchev–Trinajstić information content (AvgIpc) is 2.37. The molecule has 0 saturated carbocycles. The van der Waals surface area contributed by atoms with Gasteiger partial charge in [0.25, 0.3) is 0 Å². The van der Waals surface area contributed by atoms with Crippen molar-refractivity contribution in [2.45, 2.75) is 31.0 Å². The zero-order valence-corrected chi connectivity index (χ0v) is 13.9. The van der Waals surface area contributed by atoms with E-state index in [2.05, 4.69) is 15.9 Å². The second-order valence-corrected chi connectivity index (χ2v) is 7.92. The van der Waals surface area contributed by atoms with E-state index in [4.69, 9.17) is 11.6 Å². The summed E-state index contributed by atoms with van der Waals surface area (Å²) in [6.45, 7) is 4.19. The number of Topliss-reactive ketones (excluding diaryl/α,β-unsaturated/α-hetero) is 1. The molecule has 1 fully saturated rings. The zero-order chi connectivity index (χ0) is 14.9. The maximum atomic E-state index is 12.6. The van der Waals surface area contributed by atoms with Crippen molar-refractivity contribution in [2.24, 2.45) is 5.92 Å². The highest BCUT2D eigenvalue weighted by atomic mass is 79.9. The predicted octanol–water partition coefficient (Wildman–Crippen LogP) is 3.83. The van der Waals surface area contributed by atoms with Crippen LogP contribution >= 0.6 is 27.5 Å². The van der Waals surface area contributed by atoms with Crippen LogP contribution in [0.5, 0.6) is 0 Å².